The van der Waals surface area contributed by atoms with Gasteiger partial charge >= 0.3 is 5.97 Å². The number of pyridine rings is 1. The Morgan fingerprint density at radius 2 is 2.12 bits per heavy atom. The van der Waals surface area contributed by atoms with Crippen molar-refractivity contribution in [1.82, 2.24) is 10.3 Å². The maximum Gasteiger partial charge on any atom is 0.345 e. The van der Waals surface area contributed by atoms with Gasteiger partial charge in [-0.1, -0.05) is 23.7 Å². The average Bonchev–Trinajstić information content (AvgIpc) is 2.62. The fourth-order valence-electron chi connectivity index (χ4n) is 2.52. The lowest BCUT2D eigenvalue weighted by atomic mass is 10.2. The van der Waals surface area contributed by atoms with Gasteiger partial charge in [0, 0.05) is 32.4 Å². The van der Waals surface area contributed by atoms with E-state index in [0.717, 1.165) is 26.2 Å². The predicted molar refractivity (Wildman–Crippen MR) is 91.7 cm³/mol. The van der Waals surface area contributed by atoms with E-state index in [-0.39, 0.29) is 12.2 Å². The number of esters is 1. The fourth-order valence-corrected chi connectivity index (χ4v) is 2.81. The minimum atomic E-state index is -0.536. The molecule has 0 atom stereocenters. The topological polar surface area (TPSA) is 74.7 Å². The second-order valence-electron chi connectivity index (χ2n) is 5.46. The molecule has 1 aliphatic rings. The van der Waals surface area contributed by atoms with E-state index in [2.05, 4.69) is 15.2 Å². The minimum Gasteiger partial charge on any atom is -0.423 e. The van der Waals surface area contributed by atoms with Gasteiger partial charge in [0.25, 0.3) is 0 Å². The number of piperazine rings is 1. The van der Waals surface area contributed by atoms with Crippen LogP contribution in [0.2, 0.25) is 5.02 Å². The number of aliphatic hydroxyl groups excluding tert-OH is 1. The zero-order chi connectivity index (χ0) is 16.9. The average molecular weight is 348 g/mol. The highest BCUT2D eigenvalue weighted by atomic mass is 35.5. The molecule has 6 nitrogen and oxygen atoms in total. The fraction of sp³-hybridized carbons (Fsp3) is 0.294. The van der Waals surface area contributed by atoms with Gasteiger partial charge in [-0.2, -0.15) is 0 Å². The van der Waals surface area contributed by atoms with E-state index in [4.69, 9.17) is 21.4 Å². The minimum absolute atomic E-state index is 0.113. The first-order chi connectivity index (χ1) is 11.7. The number of aliphatic hydroxyl groups is 1. The number of aromatic nitrogens is 1. The summed E-state index contributed by atoms with van der Waals surface area (Å²) in [5.41, 5.74) is 0.957. The lowest BCUT2D eigenvalue weighted by Crippen LogP contribution is -2.44. The van der Waals surface area contributed by atoms with Crippen LogP contribution in [-0.4, -0.2) is 42.2 Å². The van der Waals surface area contributed by atoms with E-state index in [1.807, 2.05) is 0 Å². The molecule has 0 radical (unpaired) electrons. The molecule has 0 amide bonds. The molecule has 0 unspecified atom stereocenters. The van der Waals surface area contributed by atoms with Gasteiger partial charge < -0.3 is 20.1 Å². The number of benzene rings is 1. The van der Waals surface area contributed by atoms with Crippen LogP contribution in [0.15, 0.2) is 36.5 Å². The van der Waals surface area contributed by atoms with Crippen molar-refractivity contribution in [2.24, 2.45) is 0 Å². The summed E-state index contributed by atoms with van der Waals surface area (Å²) in [5.74, 6) is 0.511. The number of carbonyl (C=O) groups excluding carboxylic acids is 1. The standard InChI is InChI=1S/C17H18ClN3O3/c18-15-9-13(10-20-16(15)21-6-4-19-5-7-21)17(23)24-14-3-1-2-12(8-14)11-22/h1-3,8-10,19,22H,4-7,11H2. The molecule has 0 aliphatic carbocycles. The van der Waals surface area contributed by atoms with Gasteiger partial charge in [-0.25, -0.2) is 9.78 Å². The molecule has 1 aromatic carbocycles. The Labute approximate surface area is 145 Å². The van der Waals surface area contributed by atoms with Gasteiger partial charge in [0.2, 0.25) is 0 Å². The summed E-state index contributed by atoms with van der Waals surface area (Å²) in [4.78, 5) is 18.7. The van der Waals surface area contributed by atoms with Crippen LogP contribution in [0, 0.1) is 0 Å². The van der Waals surface area contributed by atoms with E-state index >= 15 is 0 Å². The van der Waals surface area contributed by atoms with Crippen LogP contribution < -0.4 is 15.0 Å². The molecule has 24 heavy (non-hydrogen) atoms. The summed E-state index contributed by atoms with van der Waals surface area (Å²) in [6, 6.07) is 8.30. The van der Waals surface area contributed by atoms with Crippen molar-refractivity contribution >= 4 is 23.4 Å². The third kappa shape index (κ3) is 3.84. The molecular weight excluding hydrogens is 330 g/mol. The van der Waals surface area contributed by atoms with Crippen LogP contribution in [-0.2, 0) is 6.61 Å². The summed E-state index contributed by atoms with van der Waals surface area (Å²) in [6.45, 7) is 3.29. The lowest BCUT2D eigenvalue weighted by molar-refractivity contribution is 0.0734. The van der Waals surface area contributed by atoms with E-state index in [0.29, 0.717) is 22.2 Å². The summed E-state index contributed by atoms with van der Waals surface area (Å²) in [6.07, 6.45) is 1.47. The number of nitrogens with zero attached hydrogens (tertiary/aromatic N) is 2. The van der Waals surface area contributed by atoms with Crippen molar-refractivity contribution in [2.45, 2.75) is 6.61 Å². The number of hydrogen-bond acceptors (Lipinski definition) is 6. The van der Waals surface area contributed by atoms with Crippen LogP contribution >= 0.6 is 11.6 Å². The quantitative estimate of drug-likeness (QED) is 0.649. The van der Waals surface area contributed by atoms with Crippen molar-refractivity contribution in [3.05, 3.63) is 52.7 Å². The zero-order valence-corrected chi connectivity index (χ0v) is 13.8. The van der Waals surface area contributed by atoms with Crippen LogP contribution in [0.1, 0.15) is 15.9 Å². The molecule has 7 heteroatoms. The Balaban J connectivity index is 1.74. The van der Waals surface area contributed by atoms with Crippen molar-refractivity contribution in [1.29, 1.82) is 0 Å². The lowest BCUT2D eigenvalue weighted by Gasteiger charge is -2.29. The summed E-state index contributed by atoms with van der Waals surface area (Å²) >= 11 is 6.29. The number of carbonyl (C=O) groups is 1. The second kappa shape index (κ2) is 7.61. The number of hydrogen-bond donors (Lipinski definition) is 2. The largest absolute Gasteiger partial charge is 0.423 e. The molecule has 2 N–H and O–H groups in total. The van der Waals surface area contributed by atoms with Crippen molar-refractivity contribution in [3.63, 3.8) is 0 Å². The van der Waals surface area contributed by atoms with Gasteiger partial charge in [0.15, 0.2) is 0 Å². The highest BCUT2D eigenvalue weighted by molar-refractivity contribution is 6.33. The molecule has 1 aromatic heterocycles. The Morgan fingerprint density at radius 1 is 1.33 bits per heavy atom. The predicted octanol–water partition coefficient (Wildman–Crippen LogP) is 1.86. The zero-order valence-electron chi connectivity index (χ0n) is 13.0. The first-order valence-electron chi connectivity index (χ1n) is 7.70. The van der Waals surface area contributed by atoms with Gasteiger partial charge in [-0.15, -0.1) is 0 Å². The SMILES string of the molecule is O=C(Oc1cccc(CO)c1)c1cnc(N2CCNCC2)c(Cl)c1. The van der Waals surface area contributed by atoms with Crippen LogP contribution in [0.4, 0.5) is 5.82 Å². The first-order valence-corrected chi connectivity index (χ1v) is 8.08. The second-order valence-corrected chi connectivity index (χ2v) is 5.87. The van der Waals surface area contributed by atoms with Gasteiger partial charge in [-0.3, -0.25) is 0 Å². The summed E-state index contributed by atoms with van der Waals surface area (Å²) in [5, 5.41) is 12.8. The molecule has 1 saturated heterocycles. The molecule has 1 fully saturated rings. The molecule has 2 aromatic rings. The van der Waals surface area contributed by atoms with Crippen LogP contribution in [0.3, 0.4) is 0 Å². The van der Waals surface area contributed by atoms with Gasteiger partial charge in [-0.05, 0) is 23.8 Å². The Morgan fingerprint density at radius 3 is 2.83 bits per heavy atom. The molecule has 0 bridgehead atoms. The van der Waals surface area contributed by atoms with E-state index in [9.17, 15) is 4.79 Å². The Bertz CT molecular complexity index is 733. The number of ether oxygens (including phenoxy) is 1. The van der Waals surface area contributed by atoms with E-state index in [1.54, 1.807) is 30.3 Å². The smallest absolute Gasteiger partial charge is 0.345 e. The van der Waals surface area contributed by atoms with Gasteiger partial charge in [0.1, 0.15) is 11.6 Å². The monoisotopic (exact) mass is 347 g/mol. The molecule has 0 saturated carbocycles. The van der Waals surface area contributed by atoms with Crippen molar-refractivity contribution in [2.75, 3.05) is 31.1 Å². The number of nitrogens with one attached hydrogen (secondary N) is 1. The third-order valence-corrected chi connectivity index (χ3v) is 4.04. The number of anilines is 1. The number of rotatable bonds is 4. The van der Waals surface area contributed by atoms with E-state index in [1.165, 1.54) is 6.20 Å². The first kappa shape index (κ1) is 16.7. The molecule has 0 spiro atoms. The summed E-state index contributed by atoms with van der Waals surface area (Å²) in [7, 11) is 0. The molecule has 2 heterocycles. The normalized spacial score (nSPS) is 14.5. The Hall–Kier alpha value is -2.15. The van der Waals surface area contributed by atoms with Crippen LogP contribution in [0.5, 0.6) is 5.75 Å². The maximum atomic E-state index is 12.2. The van der Waals surface area contributed by atoms with Crippen LogP contribution in [0.25, 0.3) is 0 Å². The highest BCUT2D eigenvalue weighted by Gasteiger charge is 2.18. The van der Waals surface area contributed by atoms with Crippen molar-refractivity contribution < 1.29 is 14.6 Å². The maximum absolute atomic E-state index is 12.2. The molecule has 126 valence electrons. The number of halogens is 1. The summed E-state index contributed by atoms with van der Waals surface area (Å²) < 4.78 is 5.31. The van der Waals surface area contributed by atoms with Gasteiger partial charge in [0.05, 0.1) is 17.2 Å². The Kier molecular flexibility index (Phi) is 5.30. The van der Waals surface area contributed by atoms with Crippen molar-refractivity contribution in [3.8, 4) is 5.75 Å². The molecular formula is C17H18ClN3O3. The molecule has 3 rings (SSSR count). The highest BCUT2D eigenvalue weighted by Crippen LogP contribution is 2.25. The molecule has 1 aliphatic heterocycles. The third-order valence-electron chi connectivity index (χ3n) is 3.77. The van der Waals surface area contributed by atoms with E-state index < -0.39 is 5.97 Å².